The predicted molar refractivity (Wildman–Crippen MR) is 111 cm³/mol. The zero-order chi connectivity index (χ0) is 18.5. The van der Waals surface area contributed by atoms with Gasteiger partial charge < -0.3 is 19.8 Å². The predicted octanol–water partition coefficient (Wildman–Crippen LogP) is 1.62. The molecule has 0 bridgehead atoms. The summed E-state index contributed by atoms with van der Waals surface area (Å²) in [7, 11) is 3.61. The molecular formula is C18H29Cl2N5O3. The van der Waals surface area contributed by atoms with Crippen molar-refractivity contribution in [2.45, 2.75) is 19.0 Å². The van der Waals surface area contributed by atoms with Crippen molar-refractivity contribution in [1.29, 1.82) is 0 Å². The largest absolute Gasteiger partial charge is 0.465 e. The van der Waals surface area contributed by atoms with E-state index in [9.17, 15) is 4.79 Å². The fraction of sp³-hybridized carbons (Fsp3) is 0.556. The molecule has 158 valence electrons. The number of carbonyl (C=O) groups excluding carboxylic acids is 1. The molecule has 0 aliphatic carbocycles. The SMILES string of the molecule is CNC(C(=O)NCC(c1ccc(C)o1)N1CCOCC1)c1cnn(C)c1.Cl.Cl. The van der Waals surface area contributed by atoms with E-state index in [0.29, 0.717) is 19.8 Å². The molecule has 1 saturated heterocycles. The summed E-state index contributed by atoms with van der Waals surface area (Å²) in [5.41, 5.74) is 0.837. The lowest BCUT2D eigenvalue weighted by molar-refractivity contribution is -0.123. The number of nitrogens with one attached hydrogen (secondary N) is 2. The summed E-state index contributed by atoms with van der Waals surface area (Å²) in [6.45, 7) is 5.43. The normalized spacial score (nSPS) is 16.5. The maximum absolute atomic E-state index is 12.7. The maximum Gasteiger partial charge on any atom is 0.241 e. The van der Waals surface area contributed by atoms with Gasteiger partial charge in [0.2, 0.25) is 5.91 Å². The first-order valence-corrected chi connectivity index (χ1v) is 8.90. The van der Waals surface area contributed by atoms with E-state index in [4.69, 9.17) is 9.15 Å². The van der Waals surface area contributed by atoms with Crippen LogP contribution in [0.15, 0.2) is 28.9 Å². The van der Waals surface area contributed by atoms with Crippen molar-refractivity contribution in [3.05, 3.63) is 41.6 Å². The Balaban J connectivity index is 0.00000196. The van der Waals surface area contributed by atoms with Gasteiger partial charge in [0.1, 0.15) is 17.6 Å². The molecule has 8 nitrogen and oxygen atoms in total. The van der Waals surface area contributed by atoms with E-state index in [1.807, 2.05) is 32.3 Å². The third kappa shape index (κ3) is 5.96. The topological polar surface area (TPSA) is 84.6 Å². The Labute approximate surface area is 177 Å². The minimum Gasteiger partial charge on any atom is -0.465 e. The average Bonchev–Trinajstić information content (AvgIpc) is 3.25. The van der Waals surface area contributed by atoms with E-state index >= 15 is 0 Å². The van der Waals surface area contributed by atoms with Crippen molar-refractivity contribution in [3.63, 3.8) is 0 Å². The highest BCUT2D eigenvalue weighted by Gasteiger charge is 2.27. The van der Waals surface area contributed by atoms with Gasteiger partial charge in [-0.1, -0.05) is 0 Å². The minimum absolute atomic E-state index is 0. The number of ether oxygens (including phenoxy) is 1. The van der Waals surface area contributed by atoms with Crippen LogP contribution in [-0.2, 0) is 16.6 Å². The summed E-state index contributed by atoms with van der Waals surface area (Å²) >= 11 is 0. The highest BCUT2D eigenvalue weighted by atomic mass is 35.5. The smallest absolute Gasteiger partial charge is 0.241 e. The summed E-state index contributed by atoms with van der Waals surface area (Å²) in [6, 6.07) is 3.49. The van der Waals surface area contributed by atoms with Gasteiger partial charge in [-0.25, -0.2) is 0 Å². The zero-order valence-electron chi connectivity index (χ0n) is 16.4. The second kappa shape index (κ2) is 11.4. The molecule has 0 saturated carbocycles. The fourth-order valence-electron chi connectivity index (χ4n) is 3.27. The van der Waals surface area contributed by atoms with E-state index in [0.717, 1.165) is 30.2 Å². The summed E-state index contributed by atoms with van der Waals surface area (Å²) in [5.74, 6) is 1.65. The van der Waals surface area contributed by atoms with Crippen LogP contribution in [0.5, 0.6) is 0 Å². The van der Waals surface area contributed by atoms with E-state index < -0.39 is 6.04 Å². The number of morpholine rings is 1. The summed E-state index contributed by atoms with van der Waals surface area (Å²) in [6.07, 6.45) is 3.55. The van der Waals surface area contributed by atoms with E-state index in [1.54, 1.807) is 17.9 Å². The molecule has 1 aliphatic rings. The van der Waals surface area contributed by atoms with Gasteiger partial charge in [0.05, 0.1) is 25.5 Å². The Bertz CT molecular complexity index is 730. The van der Waals surface area contributed by atoms with Crippen LogP contribution in [0.3, 0.4) is 0 Å². The zero-order valence-corrected chi connectivity index (χ0v) is 18.0. The fourth-order valence-corrected chi connectivity index (χ4v) is 3.27. The molecule has 10 heteroatoms. The third-order valence-electron chi connectivity index (χ3n) is 4.65. The molecule has 1 aliphatic heterocycles. The second-order valence-corrected chi connectivity index (χ2v) is 6.53. The van der Waals surface area contributed by atoms with Crippen LogP contribution in [0.2, 0.25) is 0 Å². The highest BCUT2D eigenvalue weighted by Crippen LogP contribution is 2.23. The van der Waals surface area contributed by atoms with Crippen LogP contribution in [0.25, 0.3) is 0 Å². The maximum atomic E-state index is 12.7. The van der Waals surface area contributed by atoms with Crippen LogP contribution in [0.4, 0.5) is 0 Å². The molecule has 3 heterocycles. The number of aryl methyl sites for hydroxylation is 2. The molecule has 28 heavy (non-hydrogen) atoms. The molecule has 2 aromatic heterocycles. The number of amides is 1. The van der Waals surface area contributed by atoms with Gasteiger partial charge in [0.25, 0.3) is 0 Å². The first kappa shape index (κ1) is 24.5. The molecular weight excluding hydrogens is 405 g/mol. The van der Waals surface area contributed by atoms with Gasteiger partial charge >= 0.3 is 0 Å². The summed E-state index contributed by atoms with van der Waals surface area (Å²) in [4.78, 5) is 15.0. The lowest BCUT2D eigenvalue weighted by atomic mass is 10.1. The number of hydrogen-bond acceptors (Lipinski definition) is 6. The summed E-state index contributed by atoms with van der Waals surface area (Å²) in [5, 5.41) is 10.3. The number of hydrogen-bond donors (Lipinski definition) is 2. The van der Waals surface area contributed by atoms with Gasteiger partial charge in [-0.15, -0.1) is 24.8 Å². The van der Waals surface area contributed by atoms with E-state index in [1.165, 1.54) is 0 Å². The van der Waals surface area contributed by atoms with Crippen molar-refractivity contribution in [3.8, 4) is 0 Å². The molecule has 2 aromatic rings. The van der Waals surface area contributed by atoms with Gasteiger partial charge in [0, 0.05) is 38.4 Å². The molecule has 0 aromatic carbocycles. The number of carbonyl (C=O) groups is 1. The van der Waals surface area contributed by atoms with Crippen molar-refractivity contribution in [2.24, 2.45) is 7.05 Å². The van der Waals surface area contributed by atoms with Crippen LogP contribution in [-0.4, -0.2) is 60.5 Å². The Morgan fingerprint density at radius 1 is 1.29 bits per heavy atom. The minimum atomic E-state index is -0.438. The lowest BCUT2D eigenvalue weighted by Crippen LogP contribution is -2.45. The number of aromatic nitrogens is 2. The van der Waals surface area contributed by atoms with E-state index in [2.05, 4.69) is 20.6 Å². The van der Waals surface area contributed by atoms with Crippen LogP contribution < -0.4 is 10.6 Å². The van der Waals surface area contributed by atoms with Crippen molar-refractivity contribution < 1.29 is 13.9 Å². The molecule has 2 N–H and O–H groups in total. The van der Waals surface area contributed by atoms with Gasteiger partial charge in [-0.2, -0.15) is 5.10 Å². The molecule has 2 atom stereocenters. The van der Waals surface area contributed by atoms with Crippen molar-refractivity contribution in [1.82, 2.24) is 25.3 Å². The third-order valence-corrected chi connectivity index (χ3v) is 4.65. The summed E-state index contributed by atoms with van der Waals surface area (Å²) < 4.78 is 13.0. The number of rotatable bonds is 7. The molecule has 2 unspecified atom stereocenters. The Morgan fingerprint density at radius 2 is 2.00 bits per heavy atom. The van der Waals surface area contributed by atoms with Crippen LogP contribution in [0, 0.1) is 6.92 Å². The quantitative estimate of drug-likeness (QED) is 0.689. The Kier molecular flexibility index (Phi) is 9.98. The number of furan rings is 1. The monoisotopic (exact) mass is 433 g/mol. The average molecular weight is 434 g/mol. The Morgan fingerprint density at radius 3 is 2.54 bits per heavy atom. The van der Waals surface area contributed by atoms with Gasteiger partial charge in [-0.3, -0.25) is 14.4 Å². The Hall–Kier alpha value is -1.58. The van der Waals surface area contributed by atoms with Crippen molar-refractivity contribution >= 4 is 30.7 Å². The molecule has 1 amide bonds. The van der Waals surface area contributed by atoms with Gasteiger partial charge in [0.15, 0.2) is 0 Å². The second-order valence-electron chi connectivity index (χ2n) is 6.53. The highest BCUT2D eigenvalue weighted by molar-refractivity contribution is 5.85. The van der Waals surface area contributed by atoms with Crippen molar-refractivity contribution in [2.75, 3.05) is 39.9 Å². The van der Waals surface area contributed by atoms with Crippen LogP contribution in [0.1, 0.15) is 29.2 Å². The standard InChI is InChI=1S/C18H27N5O3.2ClH/c1-13-4-5-16(26-13)15(23-6-8-25-9-7-23)11-20-18(24)17(19-2)14-10-21-22(3)12-14;;/h4-5,10,12,15,17,19H,6-9,11H2,1-3H3,(H,20,24);2*1H. The molecule has 3 rings (SSSR count). The lowest BCUT2D eigenvalue weighted by Gasteiger charge is -2.33. The molecule has 0 spiro atoms. The number of likely N-dealkylation sites (N-methyl/N-ethyl adjacent to an activating group) is 1. The van der Waals surface area contributed by atoms with Crippen LogP contribution >= 0.6 is 24.8 Å². The first-order valence-electron chi connectivity index (χ1n) is 8.90. The van der Waals surface area contributed by atoms with Gasteiger partial charge in [-0.05, 0) is 26.1 Å². The molecule has 1 fully saturated rings. The first-order chi connectivity index (χ1) is 12.6. The molecule has 0 radical (unpaired) electrons. The van der Waals surface area contributed by atoms with E-state index in [-0.39, 0.29) is 36.8 Å². The number of nitrogens with zero attached hydrogens (tertiary/aromatic N) is 3. The number of halogens is 2.